The third-order valence-electron chi connectivity index (χ3n) is 4.21. The van der Waals surface area contributed by atoms with Crippen molar-refractivity contribution in [1.82, 2.24) is 10.2 Å². The molecular formula is C12H19N3O. The summed E-state index contributed by atoms with van der Waals surface area (Å²) < 4.78 is 0. The van der Waals surface area contributed by atoms with Crippen molar-refractivity contribution in [2.24, 2.45) is 5.41 Å². The molecule has 0 saturated heterocycles. The van der Waals surface area contributed by atoms with Crippen molar-refractivity contribution in [3.8, 4) is 6.07 Å². The normalized spacial score (nSPS) is 24.4. The molecule has 0 unspecified atom stereocenters. The van der Waals surface area contributed by atoms with E-state index < -0.39 is 5.41 Å². The van der Waals surface area contributed by atoms with Crippen LogP contribution in [0.5, 0.6) is 0 Å². The molecule has 2 fully saturated rings. The lowest BCUT2D eigenvalue weighted by atomic mass is 9.75. The van der Waals surface area contributed by atoms with Crippen LogP contribution in [0.2, 0.25) is 0 Å². The van der Waals surface area contributed by atoms with Crippen LogP contribution in [0.1, 0.15) is 32.1 Å². The monoisotopic (exact) mass is 221 g/mol. The Bertz CT molecular complexity index is 335. The summed E-state index contributed by atoms with van der Waals surface area (Å²) in [4.78, 5) is 14.0. The molecule has 88 valence electrons. The molecule has 0 aromatic heterocycles. The molecule has 2 aliphatic carbocycles. The minimum atomic E-state index is -0.683. The van der Waals surface area contributed by atoms with Crippen LogP contribution in [0.25, 0.3) is 0 Å². The first kappa shape index (κ1) is 11.4. The number of hydrogen-bond acceptors (Lipinski definition) is 3. The Kier molecular flexibility index (Phi) is 2.67. The van der Waals surface area contributed by atoms with E-state index in [0.717, 1.165) is 25.7 Å². The molecule has 2 rings (SSSR count). The predicted octanol–water partition coefficient (Wildman–Crippen LogP) is 0.891. The first-order chi connectivity index (χ1) is 7.55. The second-order valence-corrected chi connectivity index (χ2v) is 5.35. The van der Waals surface area contributed by atoms with Crippen molar-refractivity contribution in [1.29, 1.82) is 5.26 Å². The van der Waals surface area contributed by atoms with Crippen molar-refractivity contribution in [2.45, 2.75) is 37.6 Å². The fourth-order valence-electron chi connectivity index (χ4n) is 2.30. The van der Waals surface area contributed by atoms with Gasteiger partial charge < -0.3 is 10.2 Å². The molecule has 0 spiro atoms. The molecule has 0 atom stereocenters. The van der Waals surface area contributed by atoms with Crippen LogP contribution in [0.4, 0.5) is 0 Å². The molecule has 2 aliphatic rings. The lowest BCUT2D eigenvalue weighted by Crippen LogP contribution is -2.57. The fraction of sp³-hybridized carbons (Fsp3) is 0.833. The molecule has 0 radical (unpaired) electrons. The number of carbonyl (C=O) groups excluding carboxylic acids is 1. The van der Waals surface area contributed by atoms with Crippen molar-refractivity contribution >= 4 is 5.91 Å². The van der Waals surface area contributed by atoms with Crippen LogP contribution in [-0.4, -0.2) is 37.0 Å². The molecule has 0 heterocycles. The number of rotatable bonds is 4. The van der Waals surface area contributed by atoms with E-state index in [9.17, 15) is 4.79 Å². The van der Waals surface area contributed by atoms with Crippen LogP contribution >= 0.6 is 0 Å². The highest BCUT2D eigenvalue weighted by molar-refractivity contribution is 5.88. The molecule has 16 heavy (non-hydrogen) atoms. The zero-order chi connectivity index (χ0) is 11.8. The number of amides is 1. The van der Waals surface area contributed by atoms with Gasteiger partial charge in [0, 0.05) is 12.1 Å². The highest BCUT2D eigenvalue weighted by atomic mass is 16.2. The van der Waals surface area contributed by atoms with Crippen LogP contribution in [0.15, 0.2) is 0 Å². The van der Waals surface area contributed by atoms with E-state index in [1.807, 2.05) is 0 Å². The van der Waals surface area contributed by atoms with Crippen molar-refractivity contribution < 1.29 is 4.79 Å². The molecular weight excluding hydrogens is 202 g/mol. The number of carbonyl (C=O) groups is 1. The number of hydrogen-bond donors (Lipinski definition) is 1. The van der Waals surface area contributed by atoms with Gasteiger partial charge in [-0.2, -0.15) is 5.26 Å². The van der Waals surface area contributed by atoms with Gasteiger partial charge in [-0.3, -0.25) is 4.79 Å². The average Bonchev–Trinajstić information content (AvgIpc) is 2.95. The summed E-state index contributed by atoms with van der Waals surface area (Å²) in [6.07, 6.45) is 4.96. The highest BCUT2D eigenvalue weighted by Gasteiger charge is 2.51. The molecule has 4 heteroatoms. The van der Waals surface area contributed by atoms with E-state index in [1.54, 1.807) is 0 Å². The van der Waals surface area contributed by atoms with Gasteiger partial charge in [0.2, 0.25) is 5.91 Å². The summed E-state index contributed by atoms with van der Waals surface area (Å²) >= 11 is 0. The Labute approximate surface area is 96.6 Å². The first-order valence-electron chi connectivity index (χ1n) is 5.92. The van der Waals surface area contributed by atoms with Crippen molar-refractivity contribution in [2.75, 3.05) is 20.6 Å². The maximum absolute atomic E-state index is 11.8. The average molecular weight is 221 g/mol. The van der Waals surface area contributed by atoms with Gasteiger partial charge in [-0.1, -0.05) is 0 Å². The molecule has 0 aliphatic heterocycles. The van der Waals surface area contributed by atoms with E-state index >= 15 is 0 Å². The van der Waals surface area contributed by atoms with Gasteiger partial charge >= 0.3 is 0 Å². The van der Waals surface area contributed by atoms with Gasteiger partial charge in [0.15, 0.2) is 0 Å². The second kappa shape index (κ2) is 3.74. The Morgan fingerprint density at radius 1 is 1.38 bits per heavy atom. The highest BCUT2D eigenvalue weighted by Crippen LogP contribution is 2.45. The van der Waals surface area contributed by atoms with Crippen LogP contribution < -0.4 is 5.32 Å². The van der Waals surface area contributed by atoms with Crippen LogP contribution in [0.3, 0.4) is 0 Å². The van der Waals surface area contributed by atoms with Gasteiger partial charge in [-0.05, 0) is 46.2 Å². The fourth-order valence-corrected chi connectivity index (χ4v) is 2.30. The number of nitrogens with one attached hydrogen (secondary N) is 1. The Morgan fingerprint density at radius 3 is 2.31 bits per heavy atom. The summed E-state index contributed by atoms with van der Waals surface area (Å²) in [5, 5.41) is 11.9. The van der Waals surface area contributed by atoms with E-state index in [4.69, 9.17) is 5.26 Å². The largest absolute Gasteiger partial charge is 0.353 e. The van der Waals surface area contributed by atoms with E-state index in [-0.39, 0.29) is 11.4 Å². The second-order valence-electron chi connectivity index (χ2n) is 5.35. The van der Waals surface area contributed by atoms with Gasteiger partial charge in [0.05, 0.1) is 6.07 Å². The number of likely N-dealkylation sites (N-methyl/N-ethyl adjacent to an activating group) is 1. The molecule has 1 N–H and O–H groups in total. The van der Waals surface area contributed by atoms with Gasteiger partial charge in [0.1, 0.15) is 5.41 Å². The molecule has 0 aromatic rings. The van der Waals surface area contributed by atoms with Crippen LogP contribution in [0, 0.1) is 16.7 Å². The SMILES string of the molecule is CN(C)C1(CNC(=O)C2(C#N)CC2)CCC1. The third kappa shape index (κ3) is 1.69. The summed E-state index contributed by atoms with van der Waals surface area (Å²) in [5.74, 6) is -0.0666. The summed E-state index contributed by atoms with van der Waals surface area (Å²) in [6, 6.07) is 2.13. The van der Waals surface area contributed by atoms with Crippen LogP contribution in [-0.2, 0) is 4.79 Å². The van der Waals surface area contributed by atoms with E-state index in [1.165, 1.54) is 6.42 Å². The zero-order valence-corrected chi connectivity index (χ0v) is 10.0. The Hall–Kier alpha value is -1.08. The first-order valence-corrected chi connectivity index (χ1v) is 5.92. The predicted molar refractivity (Wildman–Crippen MR) is 60.6 cm³/mol. The minimum Gasteiger partial charge on any atom is -0.353 e. The maximum Gasteiger partial charge on any atom is 0.240 e. The Balaban J connectivity index is 1.88. The lowest BCUT2D eigenvalue weighted by Gasteiger charge is -2.47. The molecule has 4 nitrogen and oxygen atoms in total. The minimum absolute atomic E-state index is 0.0666. The van der Waals surface area contributed by atoms with Crippen molar-refractivity contribution in [3.05, 3.63) is 0 Å². The number of nitriles is 1. The summed E-state index contributed by atoms with van der Waals surface area (Å²) in [6.45, 7) is 0.683. The summed E-state index contributed by atoms with van der Waals surface area (Å²) in [5.41, 5.74) is -0.543. The van der Waals surface area contributed by atoms with Crippen molar-refractivity contribution in [3.63, 3.8) is 0 Å². The maximum atomic E-state index is 11.8. The van der Waals surface area contributed by atoms with E-state index in [0.29, 0.717) is 6.54 Å². The lowest BCUT2D eigenvalue weighted by molar-refractivity contribution is -0.125. The zero-order valence-electron chi connectivity index (χ0n) is 10.0. The topological polar surface area (TPSA) is 56.1 Å². The quantitative estimate of drug-likeness (QED) is 0.767. The molecule has 2 saturated carbocycles. The van der Waals surface area contributed by atoms with Gasteiger partial charge in [-0.15, -0.1) is 0 Å². The standard InChI is InChI=1S/C12H19N3O/c1-15(2)12(4-3-5-12)9-14-10(16)11(8-13)6-7-11/h3-7,9H2,1-2H3,(H,14,16). The number of nitrogens with zero attached hydrogens (tertiary/aromatic N) is 2. The summed E-state index contributed by atoms with van der Waals surface area (Å²) in [7, 11) is 4.12. The van der Waals surface area contributed by atoms with Gasteiger partial charge in [-0.25, -0.2) is 0 Å². The third-order valence-corrected chi connectivity index (χ3v) is 4.21. The van der Waals surface area contributed by atoms with Gasteiger partial charge in [0.25, 0.3) is 0 Å². The molecule has 1 amide bonds. The smallest absolute Gasteiger partial charge is 0.240 e. The molecule has 0 bridgehead atoms. The Morgan fingerprint density at radius 2 is 2.00 bits per heavy atom. The van der Waals surface area contributed by atoms with E-state index in [2.05, 4.69) is 30.4 Å². The molecule has 0 aromatic carbocycles.